The summed E-state index contributed by atoms with van der Waals surface area (Å²) in [6, 6.07) is 0. The van der Waals surface area contributed by atoms with Crippen LogP contribution in [0, 0.1) is 5.92 Å². The number of amides is 1. The van der Waals surface area contributed by atoms with E-state index in [9.17, 15) is 14.4 Å². The summed E-state index contributed by atoms with van der Waals surface area (Å²) >= 11 is 0. The molecule has 1 unspecified atom stereocenters. The van der Waals surface area contributed by atoms with Crippen LogP contribution in [0.25, 0.3) is 0 Å². The Labute approximate surface area is 144 Å². The summed E-state index contributed by atoms with van der Waals surface area (Å²) in [4.78, 5) is 36.0. The van der Waals surface area contributed by atoms with Crippen molar-refractivity contribution in [2.24, 2.45) is 5.92 Å². The third kappa shape index (κ3) is 7.79. The van der Waals surface area contributed by atoms with Gasteiger partial charge in [0.15, 0.2) is 0 Å². The molecule has 1 aliphatic heterocycles. The summed E-state index contributed by atoms with van der Waals surface area (Å²) in [5.74, 6) is -0.623. The lowest BCUT2D eigenvalue weighted by molar-refractivity contribution is -0.145. The summed E-state index contributed by atoms with van der Waals surface area (Å²) in [6.07, 6.45) is 9.59. The molecule has 138 valence electrons. The van der Waals surface area contributed by atoms with Crippen molar-refractivity contribution in [1.29, 1.82) is 0 Å². The van der Waals surface area contributed by atoms with Crippen LogP contribution in [0.4, 0.5) is 0 Å². The summed E-state index contributed by atoms with van der Waals surface area (Å²) in [5.41, 5.74) is 0. The molecule has 0 aromatic heterocycles. The van der Waals surface area contributed by atoms with E-state index >= 15 is 0 Å². The first-order chi connectivity index (χ1) is 11.6. The summed E-state index contributed by atoms with van der Waals surface area (Å²) < 4.78 is 9.31. The molecular formula is C18H31NO5. The number of ether oxygens (including phenoxy) is 2. The van der Waals surface area contributed by atoms with Gasteiger partial charge in [0.25, 0.3) is 0 Å². The van der Waals surface area contributed by atoms with Gasteiger partial charge in [0.1, 0.15) is 0 Å². The molecule has 0 bridgehead atoms. The van der Waals surface area contributed by atoms with Gasteiger partial charge in [0.2, 0.25) is 5.91 Å². The lowest BCUT2D eigenvalue weighted by Crippen LogP contribution is -2.27. The molecular weight excluding hydrogens is 310 g/mol. The molecule has 1 amide bonds. The number of carbonyl (C=O) groups excluding carboxylic acids is 3. The maximum absolute atomic E-state index is 11.8. The number of unbranched alkanes of at least 4 members (excludes halogenated alkanes) is 7. The van der Waals surface area contributed by atoms with Crippen LogP contribution in [-0.4, -0.2) is 50.1 Å². The fourth-order valence-electron chi connectivity index (χ4n) is 3.05. The molecule has 0 saturated carbocycles. The van der Waals surface area contributed by atoms with Crippen molar-refractivity contribution in [2.45, 2.75) is 64.2 Å². The molecule has 0 aliphatic carbocycles. The zero-order valence-electron chi connectivity index (χ0n) is 15.1. The predicted molar refractivity (Wildman–Crippen MR) is 90.3 cm³/mol. The van der Waals surface area contributed by atoms with Crippen LogP contribution in [0.3, 0.4) is 0 Å². The molecule has 6 heteroatoms. The molecule has 0 aromatic carbocycles. The molecule has 0 N–H and O–H groups in total. The van der Waals surface area contributed by atoms with E-state index in [1.807, 2.05) is 0 Å². The first-order valence-electron chi connectivity index (χ1n) is 9.01. The van der Waals surface area contributed by atoms with Crippen LogP contribution in [0.15, 0.2) is 0 Å². The molecule has 1 fully saturated rings. The second-order valence-corrected chi connectivity index (χ2v) is 6.42. The molecule has 1 rings (SSSR count). The smallest absolute Gasteiger partial charge is 0.310 e. The van der Waals surface area contributed by atoms with Crippen molar-refractivity contribution in [3.05, 3.63) is 0 Å². The van der Waals surface area contributed by atoms with Gasteiger partial charge in [-0.2, -0.15) is 0 Å². The van der Waals surface area contributed by atoms with Gasteiger partial charge < -0.3 is 14.4 Å². The van der Waals surface area contributed by atoms with Gasteiger partial charge in [-0.15, -0.1) is 0 Å². The van der Waals surface area contributed by atoms with Crippen molar-refractivity contribution < 1.29 is 23.9 Å². The Bertz CT molecular complexity index is 410. The minimum Gasteiger partial charge on any atom is -0.469 e. The van der Waals surface area contributed by atoms with E-state index < -0.39 is 0 Å². The van der Waals surface area contributed by atoms with Crippen molar-refractivity contribution in [2.75, 3.05) is 27.3 Å². The largest absolute Gasteiger partial charge is 0.469 e. The minimum atomic E-state index is -0.285. The number of hydrogen-bond donors (Lipinski definition) is 0. The van der Waals surface area contributed by atoms with E-state index in [-0.39, 0.29) is 30.2 Å². The fraction of sp³-hybridized carbons (Fsp3) is 0.833. The SMILES string of the molecule is COC(=O)CCCCCCCCCCN1CC(C(=O)OC)CC1=O. The minimum absolute atomic E-state index is 0.0657. The maximum atomic E-state index is 11.8. The Hall–Kier alpha value is -1.59. The fourth-order valence-corrected chi connectivity index (χ4v) is 3.05. The Balaban J connectivity index is 1.94. The Morgan fingerprint density at radius 3 is 2.12 bits per heavy atom. The molecule has 6 nitrogen and oxygen atoms in total. The van der Waals surface area contributed by atoms with Gasteiger partial charge in [-0.25, -0.2) is 0 Å². The quantitative estimate of drug-likeness (QED) is 0.403. The first-order valence-corrected chi connectivity index (χ1v) is 9.01. The number of carbonyl (C=O) groups is 3. The average molecular weight is 341 g/mol. The van der Waals surface area contributed by atoms with Crippen molar-refractivity contribution in [3.8, 4) is 0 Å². The molecule has 0 aromatic rings. The van der Waals surface area contributed by atoms with E-state index in [4.69, 9.17) is 4.74 Å². The van der Waals surface area contributed by atoms with E-state index in [0.29, 0.717) is 13.0 Å². The highest BCUT2D eigenvalue weighted by Gasteiger charge is 2.34. The first kappa shape index (κ1) is 20.5. The lowest BCUT2D eigenvalue weighted by Gasteiger charge is -2.15. The van der Waals surface area contributed by atoms with Gasteiger partial charge in [-0.05, 0) is 12.8 Å². The van der Waals surface area contributed by atoms with Gasteiger partial charge in [0.05, 0.1) is 20.1 Å². The van der Waals surface area contributed by atoms with Crippen LogP contribution in [-0.2, 0) is 23.9 Å². The number of likely N-dealkylation sites (tertiary alicyclic amines) is 1. The maximum Gasteiger partial charge on any atom is 0.310 e. The highest BCUT2D eigenvalue weighted by Crippen LogP contribution is 2.20. The number of methoxy groups -OCH3 is 2. The van der Waals surface area contributed by atoms with Crippen molar-refractivity contribution in [3.63, 3.8) is 0 Å². The molecule has 0 radical (unpaired) electrons. The van der Waals surface area contributed by atoms with Crippen LogP contribution in [0.5, 0.6) is 0 Å². The van der Waals surface area contributed by atoms with Gasteiger partial charge in [-0.3, -0.25) is 14.4 Å². The third-order valence-corrected chi connectivity index (χ3v) is 4.54. The normalized spacial score (nSPS) is 17.2. The Morgan fingerprint density at radius 1 is 0.958 bits per heavy atom. The van der Waals surface area contributed by atoms with Gasteiger partial charge in [-0.1, -0.05) is 38.5 Å². The number of rotatable bonds is 12. The van der Waals surface area contributed by atoms with Gasteiger partial charge >= 0.3 is 11.9 Å². The van der Waals surface area contributed by atoms with Crippen molar-refractivity contribution in [1.82, 2.24) is 4.90 Å². The van der Waals surface area contributed by atoms with E-state index in [1.54, 1.807) is 4.90 Å². The Morgan fingerprint density at radius 2 is 1.54 bits per heavy atom. The molecule has 1 heterocycles. The molecule has 0 spiro atoms. The van der Waals surface area contributed by atoms with Gasteiger partial charge in [0, 0.05) is 25.9 Å². The number of hydrogen-bond acceptors (Lipinski definition) is 5. The summed E-state index contributed by atoms with van der Waals surface area (Å²) in [5, 5.41) is 0. The predicted octanol–water partition coefficient (Wildman–Crippen LogP) is 2.69. The highest BCUT2D eigenvalue weighted by molar-refractivity contribution is 5.86. The number of nitrogens with zero attached hydrogens (tertiary/aromatic N) is 1. The molecule has 24 heavy (non-hydrogen) atoms. The second-order valence-electron chi connectivity index (χ2n) is 6.42. The monoisotopic (exact) mass is 341 g/mol. The van der Waals surface area contributed by atoms with Crippen LogP contribution < -0.4 is 0 Å². The zero-order chi connectivity index (χ0) is 17.8. The highest BCUT2D eigenvalue weighted by atomic mass is 16.5. The Kier molecular flexibility index (Phi) is 10.1. The zero-order valence-corrected chi connectivity index (χ0v) is 15.1. The van der Waals surface area contributed by atoms with E-state index in [0.717, 1.165) is 38.6 Å². The second kappa shape index (κ2) is 11.9. The third-order valence-electron chi connectivity index (χ3n) is 4.54. The number of esters is 2. The van der Waals surface area contributed by atoms with Crippen LogP contribution in [0.2, 0.25) is 0 Å². The van der Waals surface area contributed by atoms with Crippen LogP contribution >= 0.6 is 0 Å². The molecule has 1 atom stereocenters. The standard InChI is InChI=1S/C18H31NO5/c1-23-17(21)11-9-7-5-3-4-6-8-10-12-19-14-15(13-16(19)20)18(22)24-2/h15H,3-14H2,1-2H3. The molecule has 1 saturated heterocycles. The average Bonchev–Trinajstić information content (AvgIpc) is 2.96. The van der Waals surface area contributed by atoms with Crippen molar-refractivity contribution >= 4 is 17.8 Å². The van der Waals surface area contributed by atoms with E-state index in [1.165, 1.54) is 33.5 Å². The summed E-state index contributed by atoms with van der Waals surface area (Å²) in [6.45, 7) is 1.25. The lowest BCUT2D eigenvalue weighted by atomic mass is 10.1. The van der Waals surface area contributed by atoms with Crippen LogP contribution in [0.1, 0.15) is 64.2 Å². The summed E-state index contributed by atoms with van der Waals surface area (Å²) in [7, 11) is 2.79. The molecule has 1 aliphatic rings. The van der Waals surface area contributed by atoms with E-state index in [2.05, 4.69) is 4.74 Å². The topological polar surface area (TPSA) is 72.9 Å².